The zero-order valence-electron chi connectivity index (χ0n) is 23.2. The third kappa shape index (κ3) is 8.91. The molecule has 0 saturated heterocycles. The predicted molar refractivity (Wildman–Crippen MR) is 148 cm³/mol. The van der Waals surface area contributed by atoms with E-state index in [1.165, 1.54) is 18.3 Å². The number of carbonyl (C=O) groups is 3. The maximum atomic E-state index is 12.9. The smallest absolute Gasteiger partial charge is 0.303 e. The molecule has 0 fully saturated rings. The fraction of sp³-hybridized carbons (Fsp3) is 0.607. The number of rotatable bonds is 13. The Kier molecular flexibility index (Phi) is 11.7. The van der Waals surface area contributed by atoms with Crippen LogP contribution < -0.4 is 5.32 Å². The normalized spacial score (nSPS) is 16.4. The lowest BCUT2D eigenvalue weighted by Crippen LogP contribution is -2.42. The molecule has 0 aromatic carbocycles. The van der Waals surface area contributed by atoms with Crippen LogP contribution in [0.4, 0.5) is 0 Å². The first-order chi connectivity index (χ1) is 17.4. The lowest BCUT2D eigenvalue weighted by molar-refractivity contribution is -0.148. The Morgan fingerprint density at radius 3 is 2.49 bits per heavy atom. The van der Waals surface area contributed by atoms with Crippen molar-refractivity contribution in [3.05, 3.63) is 39.9 Å². The van der Waals surface area contributed by atoms with E-state index in [4.69, 9.17) is 10.1 Å². The van der Waals surface area contributed by atoms with Crippen molar-refractivity contribution in [1.29, 1.82) is 5.41 Å². The predicted octanol–water partition coefficient (Wildman–Crippen LogP) is 5.47. The molecule has 4 atom stereocenters. The van der Waals surface area contributed by atoms with Crippen molar-refractivity contribution in [2.24, 2.45) is 11.8 Å². The van der Waals surface area contributed by atoms with Gasteiger partial charge in [-0.25, -0.2) is 4.98 Å². The van der Waals surface area contributed by atoms with Crippen LogP contribution in [-0.2, 0) is 14.3 Å². The van der Waals surface area contributed by atoms with Crippen LogP contribution in [0.5, 0.6) is 0 Å². The van der Waals surface area contributed by atoms with E-state index < -0.39 is 18.1 Å². The van der Waals surface area contributed by atoms with Crippen LogP contribution in [0.1, 0.15) is 95.2 Å². The van der Waals surface area contributed by atoms with Crippen LogP contribution in [0.25, 0.3) is 0 Å². The highest BCUT2D eigenvalue weighted by atomic mass is 32.1. The van der Waals surface area contributed by atoms with E-state index in [0.717, 1.165) is 24.8 Å². The fourth-order valence-electron chi connectivity index (χ4n) is 4.21. The molecule has 0 unspecified atom stereocenters. The lowest BCUT2D eigenvalue weighted by Gasteiger charge is -2.34. The molecule has 0 bridgehead atoms. The number of nitrogens with zero attached hydrogens (tertiary/aromatic N) is 2. The number of esters is 1. The van der Waals surface area contributed by atoms with E-state index in [1.807, 2.05) is 32.1 Å². The minimum Gasteiger partial charge on any atom is -0.455 e. The number of aromatic nitrogens is 1. The van der Waals surface area contributed by atoms with Gasteiger partial charge in [-0.15, -0.1) is 11.3 Å². The summed E-state index contributed by atoms with van der Waals surface area (Å²) >= 11 is 1.25. The van der Waals surface area contributed by atoms with Crippen molar-refractivity contribution in [2.75, 3.05) is 7.05 Å². The molecule has 204 valence electrons. The number of amides is 2. The molecule has 0 saturated carbocycles. The second-order valence-corrected chi connectivity index (χ2v) is 11.1. The van der Waals surface area contributed by atoms with E-state index in [9.17, 15) is 14.4 Å². The Morgan fingerprint density at radius 2 is 1.92 bits per heavy atom. The van der Waals surface area contributed by atoms with Crippen LogP contribution in [0.15, 0.2) is 29.2 Å². The second-order valence-electron chi connectivity index (χ2n) is 10.2. The van der Waals surface area contributed by atoms with E-state index >= 15 is 0 Å². The summed E-state index contributed by atoms with van der Waals surface area (Å²) in [5.74, 6) is -0.350. The van der Waals surface area contributed by atoms with Gasteiger partial charge in [0.25, 0.3) is 5.91 Å². The molecule has 1 aliphatic rings. The molecule has 8 nitrogen and oxygen atoms in total. The molecular formula is C28H42N4O4S. The van der Waals surface area contributed by atoms with Gasteiger partial charge < -0.3 is 20.4 Å². The molecule has 1 heterocycles. The Balaban J connectivity index is 2.16. The highest BCUT2D eigenvalue weighted by Gasteiger charge is 2.31. The highest BCUT2D eigenvalue weighted by molar-refractivity contribution is 7.09. The Hall–Kier alpha value is -2.81. The van der Waals surface area contributed by atoms with Crippen molar-refractivity contribution in [1.82, 2.24) is 15.2 Å². The second kappa shape index (κ2) is 14.2. The summed E-state index contributed by atoms with van der Waals surface area (Å²) in [5.41, 5.74) is 1.38. The Morgan fingerprint density at radius 1 is 1.22 bits per heavy atom. The summed E-state index contributed by atoms with van der Waals surface area (Å²) in [5, 5.41) is 13.4. The third-order valence-corrected chi connectivity index (χ3v) is 7.70. The van der Waals surface area contributed by atoms with Crippen molar-refractivity contribution in [3.63, 3.8) is 0 Å². The molecule has 0 radical (unpaired) electrons. The van der Waals surface area contributed by atoms with Gasteiger partial charge in [0.1, 0.15) is 10.7 Å². The maximum absolute atomic E-state index is 12.9. The number of nitrogens with one attached hydrogen (secondary N) is 2. The van der Waals surface area contributed by atoms with Crippen LogP contribution in [0, 0.1) is 17.2 Å². The molecule has 37 heavy (non-hydrogen) atoms. The van der Waals surface area contributed by atoms with Crippen LogP contribution in [0.3, 0.4) is 0 Å². The summed E-state index contributed by atoms with van der Waals surface area (Å²) in [4.78, 5) is 44.0. The van der Waals surface area contributed by atoms with Crippen molar-refractivity contribution in [2.45, 2.75) is 91.8 Å². The molecule has 9 heteroatoms. The topological polar surface area (TPSA) is 112 Å². The van der Waals surface area contributed by atoms with Crippen LogP contribution in [-0.4, -0.2) is 52.5 Å². The fourth-order valence-corrected chi connectivity index (χ4v) is 5.05. The summed E-state index contributed by atoms with van der Waals surface area (Å²) in [6.07, 6.45) is 8.90. The number of ether oxygens (including phenoxy) is 1. The van der Waals surface area contributed by atoms with Gasteiger partial charge in [-0.05, 0) is 37.2 Å². The minimum atomic E-state index is -0.677. The van der Waals surface area contributed by atoms with Gasteiger partial charge in [0.15, 0.2) is 6.10 Å². The Bertz CT molecular complexity index is 1030. The van der Waals surface area contributed by atoms with Crippen LogP contribution >= 0.6 is 11.3 Å². The van der Waals surface area contributed by atoms with Gasteiger partial charge >= 0.3 is 5.97 Å². The third-order valence-electron chi connectivity index (χ3n) is 6.76. The van der Waals surface area contributed by atoms with Gasteiger partial charge in [-0.3, -0.25) is 14.4 Å². The minimum absolute atomic E-state index is 0.0631. The quantitative estimate of drug-likeness (QED) is 0.259. The first-order valence-electron chi connectivity index (χ1n) is 13.1. The Labute approximate surface area is 225 Å². The molecular weight excluding hydrogens is 488 g/mol. The summed E-state index contributed by atoms with van der Waals surface area (Å²) in [7, 11) is 1.80. The van der Waals surface area contributed by atoms with Crippen molar-refractivity contribution in [3.8, 4) is 0 Å². The van der Waals surface area contributed by atoms with Gasteiger partial charge in [0.05, 0.1) is 11.8 Å². The highest BCUT2D eigenvalue weighted by Crippen LogP contribution is 2.31. The molecule has 2 rings (SSSR count). The van der Waals surface area contributed by atoms with E-state index in [2.05, 4.69) is 24.1 Å². The van der Waals surface area contributed by atoms with E-state index in [-0.39, 0.29) is 29.5 Å². The van der Waals surface area contributed by atoms with Gasteiger partial charge in [0.2, 0.25) is 5.91 Å². The number of hydrogen-bond acceptors (Lipinski definition) is 7. The maximum Gasteiger partial charge on any atom is 0.303 e. The number of thiazole rings is 1. The number of hydrogen-bond donors (Lipinski definition) is 2. The monoisotopic (exact) mass is 530 g/mol. The van der Waals surface area contributed by atoms with E-state index in [0.29, 0.717) is 29.5 Å². The molecule has 1 aromatic heterocycles. The number of carbonyl (C=O) groups excluding carboxylic acids is 3. The van der Waals surface area contributed by atoms with Gasteiger partial charge in [0, 0.05) is 38.2 Å². The van der Waals surface area contributed by atoms with E-state index in [1.54, 1.807) is 24.3 Å². The number of allylic oxidation sites excluding steroid dienone is 3. The SMILES string of the molecule is CC[C@H](C)CC(=O)N(C)[C@H](C[C@@H](OC(C)=O)c1nc(C(=O)N[C@H](C)C(=N)C2=CCCC=C2)cs1)C(C)C. The first kappa shape index (κ1) is 30.4. The zero-order chi connectivity index (χ0) is 27.7. The zero-order valence-corrected chi connectivity index (χ0v) is 24.0. The first-order valence-corrected chi connectivity index (χ1v) is 14.0. The standard InChI is InChI=1S/C28H42N4O4S/c1-8-18(4)14-25(34)32(7)23(17(2)3)15-24(36-20(6)33)28-31-22(16-37-28)27(35)30-19(5)26(29)21-12-10-9-11-13-21/h10,12-13,16-19,23-24,29H,8-9,11,14-15H2,1-7H3,(H,30,35)/t18-,19+,23+,24+/m0/s1. The van der Waals surface area contributed by atoms with Crippen LogP contribution in [0.2, 0.25) is 0 Å². The average Bonchev–Trinajstić information content (AvgIpc) is 3.36. The molecule has 0 aliphatic heterocycles. The molecule has 2 N–H and O–H groups in total. The largest absolute Gasteiger partial charge is 0.455 e. The van der Waals surface area contributed by atoms with Crippen molar-refractivity contribution < 1.29 is 19.1 Å². The summed E-state index contributed by atoms with van der Waals surface area (Å²) in [6, 6.07) is -0.647. The molecule has 0 spiro atoms. The van der Waals surface area contributed by atoms with Gasteiger partial charge in [-0.2, -0.15) is 0 Å². The van der Waals surface area contributed by atoms with Crippen molar-refractivity contribution >= 4 is 34.8 Å². The van der Waals surface area contributed by atoms with Gasteiger partial charge in [-0.1, -0.05) is 52.3 Å². The summed E-state index contributed by atoms with van der Waals surface area (Å²) < 4.78 is 5.63. The molecule has 1 aliphatic carbocycles. The molecule has 1 aromatic rings. The summed E-state index contributed by atoms with van der Waals surface area (Å²) in [6.45, 7) is 11.3. The lowest BCUT2D eigenvalue weighted by atomic mass is 9.95. The average molecular weight is 531 g/mol. The molecule has 2 amide bonds.